The zero-order chi connectivity index (χ0) is 14.0. The Bertz CT molecular complexity index is 679. The molecular weight excluding hydrogens is 286 g/mol. The van der Waals surface area contributed by atoms with Crippen LogP contribution in [-0.2, 0) is 16.6 Å². The van der Waals surface area contributed by atoms with E-state index in [1.54, 1.807) is 0 Å². The number of imidazole rings is 1. The second-order valence-electron chi connectivity index (χ2n) is 4.39. The maximum atomic E-state index is 11.1. The van der Waals surface area contributed by atoms with E-state index in [0.717, 1.165) is 23.1 Å². The summed E-state index contributed by atoms with van der Waals surface area (Å²) in [4.78, 5) is 4.48. The van der Waals surface area contributed by atoms with Crippen LogP contribution >= 0.6 is 11.6 Å². The van der Waals surface area contributed by atoms with E-state index in [-0.39, 0.29) is 5.38 Å². The maximum Gasteiger partial charge on any atom is 0.208 e. The second-order valence-corrected chi connectivity index (χ2v) is 6.88. The molecule has 0 amide bonds. The lowest BCUT2D eigenvalue weighted by molar-refractivity contribution is 0.577. The van der Waals surface area contributed by atoms with Crippen LogP contribution in [0.1, 0.15) is 18.1 Å². The first-order valence-electron chi connectivity index (χ1n) is 5.92. The highest BCUT2D eigenvalue weighted by atomic mass is 35.5. The SMILES string of the molecule is CC(Cl)c1nc2ccccc2n1CCNS(C)(=O)=O. The van der Waals surface area contributed by atoms with Crippen molar-refractivity contribution in [2.75, 3.05) is 12.8 Å². The van der Waals surface area contributed by atoms with Gasteiger partial charge in [-0.2, -0.15) is 0 Å². The third-order valence-corrected chi connectivity index (χ3v) is 3.66. The molecule has 0 fully saturated rings. The highest BCUT2D eigenvalue weighted by Crippen LogP contribution is 2.24. The first-order chi connectivity index (χ1) is 8.88. The van der Waals surface area contributed by atoms with Gasteiger partial charge in [0.25, 0.3) is 0 Å². The van der Waals surface area contributed by atoms with Gasteiger partial charge in [-0.3, -0.25) is 0 Å². The zero-order valence-electron chi connectivity index (χ0n) is 10.8. The fraction of sp³-hybridized carbons (Fsp3) is 0.417. The number of alkyl halides is 1. The molecule has 7 heteroatoms. The van der Waals surface area contributed by atoms with Crippen molar-refractivity contribution in [3.63, 3.8) is 0 Å². The average molecular weight is 302 g/mol. The van der Waals surface area contributed by atoms with Crippen molar-refractivity contribution in [1.82, 2.24) is 14.3 Å². The third kappa shape index (κ3) is 3.46. The average Bonchev–Trinajstić information content (AvgIpc) is 2.67. The van der Waals surface area contributed by atoms with Crippen LogP contribution in [0.15, 0.2) is 24.3 Å². The van der Waals surface area contributed by atoms with Crippen molar-refractivity contribution < 1.29 is 8.42 Å². The van der Waals surface area contributed by atoms with E-state index in [4.69, 9.17) is 11.6 Å². The number of sulfonamides is 1. The van der Waals surface area contributed by atoms with E-state index < -0.39 is 10.0 Å². The number of nitrogens with one attached hydrogen (secondary N) is 1. The normalized spacial score (nSPS) is 13.8. The standard InChI is InChI=1S/C12H16ClN3O2S/c1-9(13)12-15-10-5-3-4-6-11(10)16(12)8-7-14-19(2,17)18/h3-6,9,14H,7-8H2,1-2H3. The summed E-state index contributed by atoms with van der Waals surface area (Å²) >= 11 is 6.13. The Labute approximate surface area is 117 Å². The van der Waals surface area contributed by atoms with Crippen LogP contribution in [0.25, 0.3) is 11.0 Å². The fourth-order valence-electron chi connectivity index (χ4n) is 1.98. The van der Waals surface area contributed by atoms with Crippen LogP contribution in [0.4, 0.5) is 0 Å². The molecule has 0 spiro atoms. The fourth-order valence-corrected chi connectivity index (χ4v) is 2.60. The predicted octanol–water partition coefficient (Wildman–Crippen LogP) is 1.89. The van der Waals surface area contributed by atoms with Gasteiger partial charge >= 0.3 is 0 Å². The van der Waals surface area contributed by atoms with E-state index in [2.05, 4.69) is 9.71 Å². The lowest BCUT2D eigenvalue weighted by atomic mass is 10.3. The molecule has 1 unspecified atom stereocenters. The molecule has 0 aliphatic heterocycles. The summed E-state index contributed by atoms with van der Waals surface area (Å²) < 4.78 is 26.6. The number of fused-ring (bicyclic) bond motifs is 1. The summed E-state index contributed by atoms with van der Waals surface area (Å²) in [6.07, 6.45) is 1.14. The van der Waals surface area contributed by atoms with Crippen LogP contribution < -0.4 is 4.72 Å². The van der Waals surface area contributed by atoms with Crippen LogP contribution in [-0.4, -0.2) is 30.8 Å². The predicted molar refractivity (Wildman–Crippen MR) is 76.8 cm³/mol. The van der Waals surface area contributed by atoms with E-state index in [1.165, 1.54) is 0 Å². The first-order valence-corrected chi connectivity index (χ1v) is 8.25. The summed E-state index contributed by atoms with van der Waals surface area (Å²) in [6, 6.07) is 7.70. The Morgan fingerprint density at radius 2 is 2.11 bits per heavy atom. The Balaban J connectivity index is 2.31. The summed E-state index contributed by atoms with van der Waals surface area (Å²) in [5, 5.41) is -0.231. The lowest BCUT2D eigenvalue weighted by Crippen LogP contribution is -2.26. The Morgan fingerprint density at radius 3 is 2.74 bits per heavy atom. The molecule has 104 valence electrons. The maximum absolute atomic E-state index is 11.1. The Morgan fingerprint density at radius 1 is 1.42 bits per heavy atom. The van der Waals surface area contributed by atoms with Gasteiger partial charge in [0.1, 0.15) is 5.82 Å². The van der Waals surface area contributed by atoms with Gasteiger partial charge in [0.15, 0.2) is 0 Å². The molecule has 1 heterocycles. The third-order valence-electron chi connectivity index (χ3n) is 2.74. The number of hydrogen-bond acceptors (Lipinski definition) is 3. The van der Waals surface area contributed by atoms with Gasteiger partial charge in [-0.25, -0.2) is 18.1 Å². The Hall–Kier alpha value is -1.11. The van der Waals surface area contributed by atoms with Gasteiger partial charge in [-0.1, -0.05) is 12.1 Å². The molecule has 2 rings (SSSR count). The quantitative estimate of drug-likeness (QED) is 0.858. The highest BCUT2D eigenvalue weighted by Gasteiger charge is 2.14. The van der Waals surface area contributed by atoms with Crippen LogP contribution in [0, 0.1) is 0 Å². The minimum Gasteiger partial charge on any atom is -0.325 e. The largest absolute Gasteiger partial charge is 0.325 e. The molecule has 1 atom stereocenters. The molecule has 2 aromatic rings. The van der Waals surface area contributed by atoms with Gasteiger partial charge in [-0.15, -0.1) is 11.6 Å². The molecule has 1 aromatic heterocycles. The minimum absolute atomic E-state index is 0.231. The van der Waals surface area contributed by atoms with Crippen molar-refractivity contribution in [3.8, 4) is 0 Å². The van der Waals surface area contributed by atoms with E-state index in [9.17, 15) is 8.42 Å². The number of halogens is 1. The number of aromatic nitrogens is 2. The first kappa shape index (κ1) is 14.3. The van der Waals surface area contributed by atoms with E-state index >= 15 is 0 Å². The molecule has 0 bridgehead atoms. The van der Waals surface area contributed by atoms with E-state index in [0.29, 0.717) is 13.1 Å². The topological polar surface area (TPSA) is 64.0 Å². The molecule has 0 aliphatic rings. The smallest absolute Gasteiger partial charge is 0.208 e. The monoisotopic (exact) mass is 301 g/mol. The van der Waals surface area contributed by atoms with Gasteiger partial charge in [0, 0.05) is 13.1 Å². The molecular formula is C12H16ClN3O2S. The molecule has 19 heavy (non-hydrogen) atoms. The van der Waals surface area contributed by atoms with E-state index in [1.807, 2.05) is 35.8 Å². The molecule has 1 aromatic carbocycles. The highest BCUT2D eigenvalue weighted by molar-refractivity contribution is 7.88. The van der Waals surface area contributed by atoms with Gasteiger partial charge < -0.3 is 4.57 Å². The number of hydrogen-bond donors (Lipinski definition) is 1. The zero-order valence-corrected chi connectivity index (χ0v) is 12.4. The van der Waals surface area contributed by atoms with Crippen molar-refractivity contribution >= 4 is 32.7 Å². The van der Waals surface area contributed by atoms with Gasteiger partial charge in [0.05, 0.1) is 22.7 Å². The molecule has 0 radical (unpaired) electrons. The summed E-state index contributed by atoms with van der Waals surface area (Å²) in [7, 11) is -3.18. The van der Waals surface area contributed by atoms with Crippen LogP contribution in [0.3, 0.4) is 0 Å². The van der Waals surface area contributed by atoms with Crippen LogP contribution in [0.2, 0.25) is 0 Å². The summed E-state index contributed by atoms with van der Waals surface area (Å²) in [5.41, 5.74) is 1.82. The van der Waals surface area contributed by atoms with Crippen molar-refractivity contribution in [3.05, 3.63) is 30.1 Å². The minimum atomic E-state index is -3.18. The molecule has 1 N–H and O–H groups in total. The van der Waals surface area contributed by atoms with Gasteiger partial charge in [0.2, 0.25) is 10.0 Å². The van der Waals surface area contributed by atoms with Crippen LogP contribution in [0.5, 0.6) is 0 Å². The Kier molecular flexibility index (Phi) is 4.13. The molecule has 0 saturated carbocycles. The van der Waals surface area contributed by atoms with Crippen molar-refractivity contribution in [2.24, 2.45) is 0 Å². The molecule has 5 nitrogen and oxygen atoms in total. The molecule has 0 aliphatic carbocycles. The van der Waals surface area contributed by atoms with Crippen molar-refractivity contribution in [2.45, 2.75) is 18.8 Å². The van der Waals surface area contributed by atoms with Crippen molar-refractivity contribution in [1.29, 1.82) is 0 Å². The number of benzene rings is 1. The van der Waals surface area contributed by atoms with Gasteiger partial charge in [-0.05, 0) is 19.1 Å². The number of para-hydroxylation sites is 2. The number of rotatable bonds is 5. The number of nitrogens with zero attached hydrogens (tertiary/aromatic N) is 2. The lowest BCUT2D eigenvalue weighted by Gasteiger charge is -2.10. The summed E-state index contributed by atoms with van der Waals surface area (Å²) in [6.45, 7) is 2.67. The summed E-state index contributed by atoms with van der Waals surface area (Å²) in [5.74, 6) is 0.748. The second kappa shape index (κ2) is 5.48. The molecule has 0 saturated heterocycles.